The number of amides is 1. The van der Waals surface area contributed by atoms with Gasteiger partial charge < -0.3 is 19.9 Å². The van der Waals surface area contributed by atoms with Gasteiger partial charge in [-0.3, -0.25) is 4.79 Å². The van der Waals surface area contributed by atoms with Crippen molar-refractivity contribution in [1.29, 1.82) is 0 Å². The van der Waals surface area contributed by atoms with Gasteiger partial charge >= 0.3 is 0 Å². The van der Waals surface area contributed by atoms with Gasteiger partial charge in [-0.05, 0) is 37.3 Å². The van der Waals surface area contributed by atoms with Crippen molar-refractivity contribution in [3.05, 3.63) is 29.3 Å². The number of carbonyl (C=O) groups excluding carboxylic acids is 1. The Balaban J connectivity index is 1.59. The summed E-state index contributed by atoms with van der Waals surface area (Å²) < 4.78 is 21.3. The molecule has 1 amide bonds. The Bertz CT molecular complexity index is 1130. The molecule has 0 atom stereocenters. The van der Waals surface area contributed by atoms with Gasteiger partial charge in [0.05, 0.1) is 12.1 Å². The molecule has 1 aliphatic heterocycles. The fraction of sp³-hybridized carbons (Fsp3) is 0.429. The van der Waals surface area contributed by atoms with Crippen molar-refractivity contribution < 1.29 is 13.9 Å². The van der Waals surface area contributed by atoms with Crippen molar-refractivity contribution in [2.75, 3.05) is 25.9 Å². The molecule has 0 radical (unpaired) electrons. The van der Waals surface area contributed by atoms with Gasteiger partial charge in [0.15, 0.2) is 33.7 Å². The SMILES string of the molecule is COc1c(F)cc(Sc2nc3c(N)ncnc3n2CCC2CCN(C(C)=O)CC2)cc1Cl. The maximum atomic E-state index is 14.3. The van der Waals surface area contributed by atoms with Gasteiger partial charge in [0.1, 0.15) is 6.33 Å². The number of methoxy groups -OCH3 is 1. The minimum Gasteiger partial charge on any atom is -0.492 e. The highest BCUT2D eigenvalue weighted by Gasteiger charge is 2.23. The van der Waals surface area contributed by atoms with Gasteiger partial charge in [-0.1, -0.05) is 23.4 Å². The molecular formula is C21H24ClFN6O2S. The lowest BCUT2D eigenvalue weighted by atomic mass is 9.93. The number of benzene rings is 1. The third-order valence-electron chi connectivity index (χ3n) is 5.73. The smallest absolute Gasteiger partial charge is 0.219 e. The second-order valence-corrected chi connectivity index (χ2v) is 9.19. The molecule has 8 nitrogen and oxygen atoms in total. The zero-order valence-corrected chi connectivity index (χ0v) is 19.4. The van der Waals surface area contributed by atoms with E-state index in [9.17, 15) is 9.18 Å². The highest BCUT2D eigenvalue weighted by Crippen LogP contribution is 2.37. The molecular weight excluding hydrogens is 455 g/mol. The third-order valence-corrected chi connectivity index (χ3v) is 6.98. The number of aryl methyl sites for hydroxylation is 1. The standard InChI is InChI=1S/C21H24ClFN6O2S/c1-12(30)28-6-3-13(4-7-28)5-8-29-20-17(19(24)25-11-26-20)27-21(29)32-14-9-15(22)18(31-2)16(23)10-14/h9-11,13H,3-8H2,1-2H3,(H2,24,25,26). The molecule has 4 rings (SSSR count). The molecule has 0 spiro atoms. The van der Waals surface area contributed by atoms with Crippen LogP contribution in [0.5, 0.6) is 5.75 Å². The highest BCUT2D eigenvalue weighted by atomic mass is 35.5. The molecule has 32 heavy (non-hydrogen) atoms. The molecule has 1 aliphatic rings. The van der Waals surface area contributed by atoms with Crippen LogP contribution < -0.4 is 10.5 Å². The molecule has 3 aromatic rings. The molecule has 3 heterocycles. The summed E-state index contributed by atoms with van der Waals surface area (Å²) >= 11 is 7.45. The topological polar surface area (TPSA) is 99.2 Å². The van der Waals surface area contributed by atoms with E-state index in [1.165, 1.54) is 31.3 Å². The molecule has 1 saturated heterocycles. The number of hydrogen-bond acceptors (Lipinski definition) is 7. The zero-order chi connectivity index (χ0) is 22.8. The number of hydrogen-bond donors (Lipinski definition) is 1. The van der Waals surface area contributed by atoms with Crippen molar-refractivity contribution in [1.82, 2.24) is 24.4 Å². The predicted molar refractivity (Wildman–Crippen MR) is 121 cm³/mol. The highest BCUT2D eigenvalue weighted by molar-refractivity contribution is 7.99. The van der Waals surface area contributed by atoms with Gasteiger partial charge in [0, 0.05) is 31.5 Å². The first-order valence-electron chi connectivity index (χ1n) is 10.3. The predicted octanol–water partition coefficient (Wildman–Crippen LogP) is 4.01. The molecule has 1 aromatic carbocycles. The van der Waals surface area contributed by atoms with Crippen molar-refractivity contribution >= 4 is 46.3 Å². The van der Waals surface area contributed by atoms with Crippen molar-refractivity contribution in [2.24, 2.45) is 5.92 Å². The maximum Gasteiger partial charge on any atom is 0.219 e. The summed E-state index contributed by atoms with van der Waals surface area (Å²) in [4.78, 5) is 27.1. The van der Waals surface area contributed by atoms with Gasteiger partial charge in [0.2, 0.25) is 5.91 Å². The quantitative estimate of drug-likeness (QED) is 0.571. The van der Waals surface area contributed by atoms with Crippen molar-refractivity contribution in [2.45, 2.75) is 42.8 Å². The summed E-state index contributed by atoms with van der Waals surface area (Å²) in [6.07, 6.45) is 4.25. The van der Waals surface area contributed by atoms with Crippen LogP contribution in [0.3, 0.4) is 0 Å². The van der Waals surface area contributed by atoms with Crippen LogP contribution >= 0.6 is 23.4 Å². The van der Waals surface area contributed by atoms with Crippen LogP contribution in [-0.4, -0.2) is 50.5 Å². The van der Waals surface area contributed by atoms with Crippen LogP contribution in [0.4, 0.5) is 10.2 Å². The van der Waals surface area contributed by atoms with E-state index in [-0.39, 0.29) is 16.7 Å². The lowest BCUT2D eigenvalue weighted by Crippen LogP contribution is -2.37. The zero-order valence-electron chi connectivity index (χ0n) is 17.8. The minimum atomic E-state index is -0.540. The number of aromatic nitrogens is 4. The molecule has 0 saturated carbocycles. The summed E-state index contributed by atoms with van der Waals surface area (Å²) in [5.74, 6) is 0.385. The normalized spacial score (nSPS) is 14.8. The number of anilines is 1. The first-order valence-corrected chi connectivity index (χ1v) is 11.5. The minimum absolute atomic E-state index is 0.0107. The van der Waals surface area contributed by atoms with Gasteiger partial charge in [-0.2, -0.15) is 0 Å². The average Bonchev–Trinajstić information content (AvgIpc) is 3.10. The van der Waals surface area contributed by atoms with Crippen LogP contribution in [0.1, 0.15) is 26.2 Å². The average molecular weight is 479 g/mol. The lowest BCUT2D eigenvalue weighted by molar-refractivity contribution is -0.130. The Kier molecular flexibility index (Phi) is 6.71. The molecule has 2 aromatic heterocycles. The van der Waals surface area contributed by atoms with E-state index >= 15 is 0 Å². The largest absolute Gasteiger partial charge is 0.492 e. The monoisotopic (exact) mass is 478 g/mol. The maximum absolute atomic E-state index is 14.3. The number of likely N-dealkylation sites (tertiary alicyclic amines) is 1. The molecule has 1 fully saturated rings. The van der Waals surface area contributed by atoms with E-state index in [1.807, 2.05) is 9.47 Å². The molecule has 2 N–H and O–H groups in total. The van der Waals surface area contributed by atoms with Crippen molar-refractivity contribution in [3.8, 4) is 5.75 Å². The number of carbonyl (C=O) groups is 1. The van der Waals surface area contributed by atoms with E-state index in [1.54, 1.807) is 13.0 Å². The first-order chi connectivity index (χ1) is 15.4. The van der Waals surface area contributed by atoms with Gasteiger partial charge in [-0.25, -0.2) is 19.3 Å². The summed E-state index contributed by atoms with van der Waals surface area (Å²) in [5, 5.41) is 0.822. The van der Waals surface area contributed by atoms with E-state index in [0.717, 1.165) is 32.4 Å². The van der Waals surface area contributed by atoms with E-state index in [0.29, 0.717) is 39.5 Å². The molecule has 0 unspecified atom stereocenters. The Morgan fingerprint density at radius 2 is 2.09 bits per heavy atom. The number of nitrogens with zero attached hydrogens (tertiary/aromatic N) is 5. The van der Waals surface area contributed by atoms with Crippen LogP contribution in [0, 0.1) is 11.7 Å². The fourth-order valence-corrected chi connectivity index (χ4v) is 5.28. The summed E-state index contributed by atoms with van der Waals surface area (Å²) in [6.45, 7) is 3.85. The second kappa shape index (κ2) is 9.50. The Labute approximate surface area is 194 Å². The van der Waals surface area contributed by atoms with Crippen molar-refractivity contribution in [3.63, 3.8) is 0 Å². The number of fused-ring (bicyclic) bond motifs is 1. The Hall–Kier alpha value is -2.59. The molecule has 0 aliphatic carbocycles. The Morgan fingerprint density at radius 3 is 2.75 bits per heavy atom. The summed E-state index contributed by atoms with van der Waals surface area (Å²) in [5.41, 5.74) is 7.18. The van der Waals surface area contributed by atoms with E-state index in [4.69, 9.17) is 22.1 Å². The first kappa shape index (κ1) is 22.6. The van der Waals surface area contributed by atoms with Crippen LogP contribution in [0.2, 0.25) is 5.02 Å². The number of piperidine rings is 1. The molecule has 170 valence electrons. The number of nitrogen functional groups attached to an aromatic ring is 1. The van der Waals surface area contributed by atoms with Crippen LogP contribution in [0.25, 0.3) is 11.2 Å². The molecule has 0 bridgehead atoms. The van der Waals surface area contributed by atoms with Gasteiger partial charge in [-0.15, -0.1) is 0 Å². The number of halogens is 2. The summed E-state index contributed by atoms with van der Waals surface area (Å²) in [7, 11) is 1.37. The third kappa shape index (κ3) is 4.61. The van der Waals surface area contributed by atoms with E-state index < -0.39 is 5.82 Å². The number of rotatable bonds is 6. The summed E-state index contributed by atoms with van der Waals surface area (Å²) in [6, 6.07) is 3.01. The number of nitrogens with two attached hydrogens (primary N) is 1. The van der Waals surface area contributed by atoms with Crippen LogP contribution in [-0.2, 0) is 11.3 Å². The van der Waals surface area contributed by atoms with Gasteiger partial charge in [0.25, 0.3) is 0 Å². The number of ether oxygens (including phenoxy) is 1. The van der Waals surface area contributed by atoms with Crippen LogP contribution in [0.15, 0.2) is 28.5 Å². The second-order valence-electron chi connectivity index (χ2n) is 7.74. The fourth-order valence-electron chi connectivity index (χ4n) is 3.96. The molecule has 11 heteroatoms. The van der Waals surface area contributed by atoms with E-state index in [2.05, 4.69) is 15.0 Å². The Morgan fingerprint density at radius 1 is 1.34 bits per heavy atom. The number of imidazole rings is 1. The lowest BCUT2D eigenvalue weighted by Gasteiger charge is -2.31.